The Kier molecular flexibility index (Phi) is 5.47. The molecule has 0 bridgehead atoms. The highest BCUT2D eigenvalue weighted by Crippen LogP contribution is 2.44. The summed E-state index contributed by atoms with van der Waals surface area (Å²) >= 11 is 0. The minimum atomic E-state index is -0.314. The second-order valence-corrected chi connectivity index (χ2v) is 8.74. The summed E-state index contributed by atoms with van der Waals surface area (Å²) in [6, 6.07) is 8.04. The van der Waals surface area contributed by atoms with E-state index < -0.39 is 0 Å². The van der Waals surface area contributed by atoms with Crippen molar-refractivity contribution in [3.05, 3.63) is 59.2 Å². The van der Waals surface area contributed by atoms with Crippen LogP contribution >= 0.6 is 0 Å². The first kappa shape index (κ1) is 20.4. The van der Waals surface area contributed by atoms with Gasteiger partial charge in [-0.15, -0.1) is 0 Å². The van der Waals surface area contributed by atoms with Crippen LogP contribution in [0.4, 0.5) is 11.4 Å². The molecule has 1 aromatic carbocycles. The van der Waals surface area contributed by atoms with Gasteiger partial charge in [0.15, 0.2) is 5.69 Å². The summed E-state index contributed by atoms with van der Waals surface area (Å²) in [6.07, 6.45) is 11.9. The fraction of sp³-hybridized carbons (Fsp3) is 0.360. The molecule has 7 heteroatoms. The monoisotopic (exact) mass is 429 g/mol. The van der Waals surface area contributed by atoms with E-state index in [1.54, 1.807) is 6.20 Å². The number of benzene rings is 1. The van der Waals surface area contributed by atoms with Gasteiger partial charge in [-0.1, -0.05) is 12.8 Å². The van der Waals surface area contributed by atoms with E-state index in [0.717, 1.165) is 53.8 Å². The number of carbonyl (C=O) groups is 1. The lowest BCUT2D eigenvalue weighted by Gasteiger charge is -2.13. The van der Waals surface area contributed by atoms with Crippen LogP contribution in [-0.2, 0) is 0 Å². The van der Waals surface area contributed by atoms with E-state index in [0.29, 0.717) is 23.5 Å². The number of aliphatic imine (C=N–C) groups is 1. The van der Waals surface area contributed by atoms with Crippen molar-refractivity contribution < 1.29 is 9.21 Å². The first-order valence-electron chi connectivity index (χ1n) is 11.2. The van der Waals surface area contributed by atoms with Gasteiger partial charge in [0, 0.05) is 41.1 Å². The molecule has 3 aromatic rings. The number of hydrogen-bond donors (Lipinski definition) is 2. The predicted octanol–water partition coefficient (Wildman–Crippen LogP) is 5.12. The zero-order chi connectivity index (χ0) is 22.1. The van der Waals surface area contributed by atoms with Crippen LogP contribution in [0.1, 0.15) is 71.8 Å². The number of aromatic nitrogens is 2. The lowest BCUT2D eigenvalue weighted by atomic mass is 10.0. The quantitative estimate of drug-likeness (QED) is 0.418. The molecular formula is C25H27N5O2. The molecular weight excluding hydrogens is 402 g/mol. The van der Waals surface area contributed by atoms with Gasteiger partial charge in [-0.2, -0.15) is 0 Å². The van der Waals surface area contributed by atoms with Gasteiger partial charge in [0.1, 0.15) is 6.26 Å². The maximum atomic E-state index is 13.0. The van der Waals surface area contributed by atoms with Crippen molar-refractivity contribution in [3.63, 3.8) is 0 Å². The highest BCUT2D eigenvalue weighted by atomic mass is 16.3. The number of aryl methyl sites for hydroxylation is 1. The minimum absolute atomic E-state index is 0.223. The number of rotatable bonds is 6. The molecule has 0 unspecified atom stereocenters. The molecule has 2 fully saturated rings. The first-order chi connectivity index (χ1) is 15.6. The zero-order valence-corrected chi connectivity index (χ0v) is 18.2. The largest absolute Gasteiger partial charge is 0.444 e. The number of nitrogens with two attached hydrogens (primary N) is 1. The Bertz CT molecular complexity index is 1160. The molecule has 0 atom stereocenters. The molecule has 3 N–H and O–H groups in total. The summed E-state index contributed by atoms with van der Waals surface area (Å²) in [5, 5.41) is 3.02. The van der Waals surface area contributed by atoms with E-state index in [1.807, 2.05) is 37.4 Å². The van der Waals surface area contributed by atoms with Gasteiger partial charge in [-0.3, -0.25) is 14.8 Å². The van der Waals surface area contributed by atoms with Crippen molar-refractivity contribution in [2.24, 2.45) is 4.99 Å². The number of oxazole rings is 1. The smallest absolute Gasteiger partial charge is 0.277 e. The highest BCUT2D eigenvalue weighted by Gasteiger charge is 2.28. The van der Waals surface area contributed by atoms with E-state index in [1.165, 1.54) is 19.1 Å². The molecule has 0 radical (unpaired) electrons. The molecule has 0 aliphatic heterocycles. The lowest BCUT2D eigenvalue weighted by molar-refractivity contribution is 0.102. The molecule has 2 aliphatic carbocycles. The van der Waals surface area contributed by atoms with Gasteiger partial charge in [-0.25, -0.2) is 4.98 Å². The van der Waals surface area contributed by atoms with Crippen LogP contribution in [0.2, 0.25) is 0 Å². The summed E-state index contributed by atoms with van der Waals surface area (Å²) in [7, 11) is 0. The van der Waals surface area contributed by atoms with Crippen molar-refractivity contribution in [1.29, 1.82) is 0 Å². The zero-order valence-electron chi connectivity index (χ0n) is 18.2. The van der Waals surface area contributed by atoms with Gasteiger partial charge in [-0.05, 0) is 68.4 Å². The van der Waals surface area contributed by atoms with Gasteiger partial charge >= 0.3 is 0 Å². The molecule has 2 saturated carbocycles. The summed E-state index contributed by atoms with van der Waals surface area (Å²) in [5.41, 5.74) is 11.5. The van der Waals surface area contributed by atoms with Gasteiger partial charge in [0.2, 0.25) is 5.89 Å². The van der Waals surface area contributed by atoms with Crippen LogP contribution in [0, 0.1) is 6.92 Å². The molecule has 2 heterocycles. The molecule has 7 nitrogen and oxygen atoms in total. The summed E-state index contributed by atoms with van der Waals surface area (Å²) in [4.78, 5) is 26.3. The fourth-order valence-electron chi connectivity index (χ4n) is 4.13. The number of carbonyl (C=O) groups excluding carboxylic acids is 1. The van der Waals surface area contributed by atoms with E-state index in [-0.39, 0.29) is 11.6 Å². The number of anilines is 2. The molecule has 2 aliphatic rings. The third kappa shape index (κ3) is 4.42. The Labute approximate surface area is 187 Å². The van der Waals surface area contributed by atoms with Crippen LogP contribution in [0.3, 0.4) is 0 Å². The molecule has 2 aromatic heterocycles. The van der Waals surface area contributed by atoms with Crippen LogP contribution < -0.4 is 11.1 Å². The molecule has 164 valence electrons. The molecule has 0 saturated heterocycles. The number of nitrogens with zero attached hydrogens (tertiary/aromatic N) is 3. The highest BCUT2D eigenvalue weighted by molar-refractivity contribution is 6.04. The van der Waals surface area contributed by atoms with E-state index >= 15 is 0 Å². The van der Waals surface area contributed by atoms with Gasteiger partial charge in [0.25, 0.3) is 5.91 Å². The third-order valence-electron chi connectivity index (χ3n) is 6.16. The number of amides is 1. The second-order valence-electron chi connectivity index (χ2n) is 8.74. The van der Waals surface area contributed by atoms with Crippen molar-refractivity contribution in [1.82, 2.24) is 9.97 Å². The average molecular weight is 430 g/mol. The molecule has 32 heavy (non-hydrogen) atoms. The Balaban J connectivity index is 1.38. The van der Waals surface area contributed by atoms with Crippen molar-refractivity contribution in [3.8, 4) is 11.5 Å². The Morgan fingerprint density at radius 3 is 2.75 bits per heavy atom. The van der Waals surface area contributed by atoms with Crippen molar-refractivity contribution >= 4 is 23.5 Å². The minimum Gasteiger partial charge on any atom is -0.444 e. The number of nitrogen functional groups attached to an aromatic ring is 1. The number of hydrogen-bond acceptors (Lipinski definition) is 6. The fourth-order valence-corrected chi connectivity index (χ4v) is 4.13. The van der Waals surface area contributed by atoms with Gasteiger partial charge in [0.05, 0.1) is 5.56 Å². The average Bonchev–Trinajstić information content (AvgIpc) is 3.28. The Morgan fingerprint density at radius 1 is 1.22 bits per heavy atom. The van der Waals surface area contributed by atoms with Crippen LogP contribution in [0.5, 0.6) is 0 Å². The topological polar surface area (TPSA) is 106 Å². The third-order valence-corrected chi connectivity index (χ3v) is 6.16. The second kappa shape index (κ2) is 8.57. The SMILES string of the molecule is Cc1ccc(-c2nc(C(=O)Nc3cc(C=NC4CCCC4)c(N)cc3C3CC3)co2)cn1. The Morgan fingerprint density at radius 2 is 2.03 bits per heavy atom. The van der Waals surface area contributed by atoms with Crippen LogP contribution in [0.25, 0.3) is 11.5 Å². The standard InChI is InChI=1S/C25H27N5O2/c1-15-6-7-17(12-27-15)25-30-23(14-32-25)24(31)29-22-10-18(13-28-19-4-2-3-5-19)21(26)11-20(22)16-8-9-16/h6-7,10-14,16,19H,2-5,8-9,26H2,1H3,(H,29,31). The summed E-state index contributed by atoms with van der Waals surface area (Å²) in [6.45, 7) is 1.91. The van der Waals surface area contributed by atoms with Gasteiger partial charge < -0.3 is 15.5 Å². The summed E-state index contributed by atoms with van der Waals surface area (Å²) < 4.78 is 5.52. The molecule has 0 spiro atoms. The molecule has 5 rings (SSSR count). The van der Waals surface area contributed by atoms with E-state index in [9.17, 15) is 4.79 Å². The normalized spacial score (nSPS) is 16.7. The maximum Gasteiger partial charge on any atom is 0.277 e. The van der Waals surface area contributed by atoms with E-state index in [4.69, 9.17) is 15.1 Å². The van der Waals surface area contributed by atoms with Crippen LogP contribution in [-0.4, -0.2) is 28.1 Å². The van der Waals surface area contributed by atoms with Crippen molar-refractivity contribution in [2.45, 2.75) is 57.4 Å². The Hall–Kier alpha value is -3.48. The lowest BCUT2D eigenvalue weighted by Crippen LogP contribution is -2.14. The first-order valence-corrected chi connectivity index (χ1v) is 11.2. The summed E-state index contributed by atoms with van der Waals surface area (Å²) in [5.74, 6) is 0.483. The van der Waals surface area contributed by atoms with Crippen molar-refractivity contribution in [2.75, 3.05) is 11.1 Å². The van der Waals surface area contributed by atoms with Crippen LogP contribution in [0.15, 0.2) is 46.1 Å². The number of nitrogens with one attached hydrogen (secondary N) is 1. The molecule has 1 amide bonds. The van der Waals surface area contributed by atoms with E-state index in [2.05, 4.69) is 15.3 Å². The number of pyridine rings is 1. The predicted molar refractivity (Wildman–Crippen MR) is 125 cm³/mol. The maximum absolute atomic E-state index is 13.0.